The maximum Gasteiger partial charge on any atom is 0.134 e. The van der Waals surface area contributed by atoms with Gasteiger partial charge in [0.1, 0.15) is 11.3 Å². The molecule has 1 aromatic carbocycles. The zero-order chi connectivity index (χ0) is 14.1. The maximum absolute atomic E-state index is 6.02. The molecule has 0 saturated carbocycles. The van der Waals surface area contributed by atoms with Gasteiger partial charge in [-0.05, 0) is 38.4 Å². The van der Waals surface area contributed by atoms with Crippen LogP contribution in [-0.2, 0) is 4.74 Å². The fourth-order valence-corrected chi connectivity index (χ4v) is 2.89. The van der Waals surface area contributed by atoms with Crippen LogP contribution in [0, 0.1) is 0 Å². The van der Waals surface area contributed by atoms with Gasteiger partial charge in [-0.2, -0.15) is 0 Å². The molecule has 4 nitrogen and oxygen atoms in total. The van der Waals surface area contributed by atoms with Gasteiger partial charge in [0, 0.05) is 23.5 Å². The minimum atomic E-state index is 0.0453. The van der Waals surface area contributed by atoms with Crippen molar-refractivity contribution < 1.29 is 9.15 Å². The zero-order valence-electron chi connectivity index (χ0n) is 11.7. The van der Waals surface area contributed by atoms with E-state index < -0.39 is 0 Å². The molecule has 1 aliphatic heterocycles. The summed E-state index contributed by atoms with van der Waals surface area (Å²) in [5, 5.41) is 5.05. The van der Waals surface area contributed by atoms with Crippen LogP contribution in [0.4, 0.5) is 0 Å². The highest BCUT2D eigenvalue weighted by Crippen LogP contribution is 2.29. The number of hydrogen-bond acceptors (Lipinski definition) is 4. The van der Waals surface area contributed by atoms with E-state index in [2.05, 4.69) is 17.3 Å². The SMILES string of the molecule is CNC(c1cc2cc(Cl)ccc2o1)C1CN(C)CCO1. The van der Waals surface area contributed by atoms with Crippen LogP contribution in [0.2, 0.25) is 5.02 Å². The Morgan fingerprint density at radius 1 is 1.40 bits per heavy atom. The molecule has 1 aliphatic rings. The summed E-state index contributed by atoms with van der Waals surface area (Å²) in [7, 11) is 4.05. The number of benzene rings is 1. The van der Waals surface area contributed by atoms with Gasteiger partial charge in [-0.25, -0.2) is 0 Å². The van der Waals surface area contributed by atoms with Crippen LogP contribution in [0.3, 0.4) is 0 Å². The monoisotopic (exact) mass is 294 g/mol. The highest BCUT2D eigenvalue weighted by atomic mass is 35.5. The molecule has 0 amide bonds. The number of nitrogens with one attached hydrogen (secondary N) is 1. The molecule has 0 aliphatic carbocycles. The molecule has 2 aromatic rings. The summed E-state index contributed by atoms with van der Waals surface area (Å²) in [5.74, 6) is 0.894. The molecule has 3 rings (SSSR count). The number of nitrogens with zero attached hydrogens (tertiary/aromatic N) is 1. The van der Waals surface area contributed by atoms with Crippen molar-refractivity contribution in [1.82, 2.24) is 10.2 Å². The molecule has 2 heterocycles. The van der Waals surface area contributed by atoms with Gasteiger partial charge in [-0.15, -0.1) is 0 Å². The van der Waals surface area contributed by atoms with Crippen LogP contribution < -0.4 is 5.32 Å². The fourth-order valence-electron chi connectivity index (χ4n) is 2.71. The van der Waals surface area contributed by atoms with Gasteiger partial charge in [-0.1, -0.05) is 11.6 Å². The molecule has 2 atom stereocenters. The van der Waals surface area contributed by atoms with E-state index >= 15 is 0 Å². The molecule has 2 unspecified atom stereocenters. The van der Waals surface area contributed by atoms with Gasteiger partial charge >= 0.3 is 0 Å². The van der Waals surface area contributed by atoms with Crippen molar-refractivity contribution in [2.24, 2.45) is 0 Å². The average molecular weight is 295 g/mol. The lowest BCUT2D eigenvalue weighted by Gasteiger charge is -2.34. The number of hydrogen-bond donors (Lipinski definition) is 1. The predicted molar refractivity (Wildman–Crippen MR) is 80.3 cm³/mol. The van der Waals surface area contributed by atoms with E-state index in [1.807, 2.05) is 31.3 Å². The summed E-state index contributed by atoms with van der Waals surface area (Å²) in [6, 6.07) is 7.76. The van der Waals surface area contributed by atoms with Crippen LogP contribution in [0.15, 0.2) is 28.7 Å². The van der Waals surface area contributed by atoms with Crippen LogP contribution in [0.5, 0.6) is 0 Å². The summed E-state index contributed by atoms with van der Waals surface area (Å²) < 4.78 is 11.8. The number of fused-ring (bicyclic) bond motifs is 1. The lowest BCUT2D eigenvalue weighted by molar-refractivity contribution is -0.0411. The second-order valence-electron chi connectivity index (χ2n) is 5.27. The third-order valence-electron chi connectivity index (χ3n) is 3.78. The molecule has 1 saturated heterocycles. The van der Waals surface area contributed by atoms with Gasteiger partial charge in [0.15, 0.2) is 0 Å². The molecule has 20 heavy (non-hydrogen) atoms. The second kappa shape index (κ2) is 5.74. The van der Waals surface area contributed by atoms with E-state index in [1.165, 1.54) is 0 Å². The molecular weight excluding hydrogens is 276 g/mol. The molecule has 1 fully saturated rings. The van der Waals surface area contributed by atoms with Crippen molar-refractivity contribution in [3.63, 3.8) is 0 Å². The van der Waals surface area contributed by atoms with E-state index in [9.17, 15) is 0 Å². The Balaban J connectivity index is 1.90. The second-order valence-corrected chi connectivity index (χ2v) is 5.71. The molecule has 0 bridgehead atoms. The predicted octanol–water partition coefficient (Wildman–Crippen LogP) is 2.68. The highest BCUT2D eigenvalue weighted by molar-refractivity contribution is 6.31. The van der Waals surface area contributed by atoms with Gasteiger partial charge in [0.2, 0.25) is 0 Å². The lowest BCUT2D eigenvalue weighted by Crippen LogP contribution is -2.45. The smallest absolute Gasteiger partial charge is 0.134 e. The maximum atomic E-state index is 6.02. The van der Waals surface area contributed by atoms with Gasteiger partial charge in [0.25, 0.3) is 0 Å². The summed E-state index contributed by atoms with van der Waals surface area (Å²) in [5.41, 5.74) is 0.855. The van der Waals surface area contributed by atoms with Crippen LogP contribution >= 0.6 is 11.6 Å². The fraction of sp³-hybridized carbons (Fsp3) is 0.467. The first-order chi connectivity index (χ1) is 9.67. The van der Waals surface area contributed by atoms with Crippen LogP contribution in [-0.4, -0.2) is 44.8 Å². The van der Waals surface area contributed by atoms with Crippen molar-refractivity contribution in [2.45, 2.75) is 12.1 Å². The van der Waals surface area contributed by atoms with E-state index in [1.54, 1.807) is 0 Å². The van der Waals surface area contributed by atoms with Crippen LogP contribution in [0.1, 0.15) is 11.8 Å². The Labute approximate surface area is 123 Å². The van der Waals surface area contributed by atoms with Crippen molar-refractivity contribution in [1.29, 1.82) is 0 Å². The lowest BCUT2D eigenvalue weighted by atomic mass is 10.1. The number of furan rings is 1. The van der Waals surface area contributed by atoms with Gasteiger partial charge in [-0.3, -0.25) is 0 Å². The van der Waals surface area contributed by atoms with E-state index in [4.69, 9.17) is 20.8 Å². The molecule has 1 N–H and O–H groups in total. The molecule has 0 radical (unpaired) electrons. The first kappa shape index (κ1) is 13.9. The number of halogens is 1. The van der Waals surface area contributed by atoms with E-state index in [-0.39, 0.29) is 12.1 Å². The highest BCUT2D eigenvalue weighted by Gasteiger charge is 2.29. The van der Waals surface area contributed by atoms with Gasteiger partial charge in [0.05, 0.1) is 18.8 Å². The zero-order valence-corrected chi connectivity index (χ0v) is 12.5. The number of likely N-dealkylation sites (N-methyl/N-ethyl adjacent to an activating group) is 2. The van der Waals surface area contributed by atoms with Crippen LogP contribution in [0.25, 0.3) is 11.0 Å². The summed E-state index contributed by atoms with van der Waals surface area (Å²) in [6.07, 6.45) is 0.0924. The Morgan fingerprint density at radius 3 is 3.00 bits per heavy atom. The Kier molecular flexibility index (Phi) is 3.98. The van der Waals surface area contributed by atoms with Crippen molar-refractivity contribution in [3.8, 4) is 0 Å². The normalized spacial score (nSPS) is 22.2. The number of rotatable bonds is 3. The molecule has 1 aromatic heterocycles. The van der Waals surface area contributed by atoms with E-state index in [0.29, 0.717) is 0 Å². The Hall–Kier alpha value is -1.07. The number of ether oxygens (including phenoxy) is 1. The molecule has 108 valence electrons. The Bertz CT molecular complexity index is 599. The quantitative estimate of drug-likeness (QED) is 0.944. The third-order valence-corrected chi connectivity index (χ3v) is 4.02. The van der Waals surface area contributed by atoms with Gasteiger partial charge < -0.3 is 19.4 Å². The van der Waals surface area contributed by atoms with E-state index in [0.717, 1.165) is 41.4 Å². The molecule has 0 spiro atoms. The summed E-state index contributed by atoms with van der Waals surface area (Å²) in [6.45, 7) is 2.62. The third kappa shape index (κ3) is 2.69. The largest absolute Gasteiger partial charge is 0.459 e. The summed E-state index contributed by atoms with van der Waals surface area (Å²) >= 11 is 6.02. The molecular formula is C15H19ClN2O2. The standard InChI is InChI=1S/C15H19ClN2O2/c1-17-15(14-9-18(2)5-6-19-14)13-8-10-7-11(16)3-4-12(10)20-13/h3-4,7-8,14-15,17H,5-6,9H2,1-2H3. The van der Waals surface area contributed by atoms with Crippen molar-refractivity contribution in [3.05, 3.63) is 35.0 Å². The minimum Gasteiger partial charge on any atom is -0.459 e. The van der Waals surface area contributed by atoms with Crippen molar-refractivity contribution >= 4 is 22.6 Å². The summed E-state index contributed by atoms with van der Waals surface area (Å²) in [4.78, 5) is 2.28. The Morgan fingerprint density at radius 2 is 2.25 bits per heavy atom. The molecule has 5 heteroatoms. The van der Waals surface area contributed by atoms with Crippen molar-refractivity contribution in [2.75, 3.05) is 33.8 Å². The first-order valence-electron chi connectivity index (χ1n) is 6.84. The topological polar surface area (TPSA) is 37.6 Å². The number of morpholine rings is 1. The first-order valence-corrected chi connectivity index (χ1v) is 7.21. The average Bonchev–Trinajstić information content (AvgIpc) is 2.82. The minimum absolute atomic E-state index is 0.0453.